The van der Waals surface area contributed by atoms with Crippen molar-refractivity contribution in [1.82, 2.24) is 4.90 Å². The number of rotatable bonds is 7. The third-order valence-electron chi connectivity index (χ3n) is 3.65. The molecule has 1 unspecified atom stereocenters. The van der Waals surface area contributed by atoms with E-state index in [2.05, 4.69) is 6.07 Å². The molecule has 1 aliphatic heterocycles. The van der Waals surface area contributed by atoms with E-state index in [1.54, 1.807) is 25.7 Å². The van der Waals surface area contributed by atoms with E-state index in [-0.39, 0.29) is 18.7 Å². The summed E-state index contributed by atoms with van der Waals surface area (Å²) in [6, 6.07) is 2.13. The molecule has 1 aliphatic rings. The van der Waals surface area contributed by atoms with E-state index in [1.165, 1.54) is 11.8 Å². The number of amides is 1. The SMILES string of the molecule is CCOC/C(C)=C1\SC(CC#N)(CC(=O)OC(C)(C)C)N(CC)C1=O. The zero-order valence-electron chi connectivity index (χ0n) is 16.0. The lowest BCUT2D eigenvalue weighted by molar-refractivity contribution is -0.157. The topological polar surface area (TPSA) is 79.6 Å². The Labute approximate surface area is 154 Å². The molecule has 1 heterocycles. The van der Waals surface area contributed by atoms with Crippen LogP contribution >= 0.6 is 11.8 Å². The second-order valence-electron chi connectivity index (χ2n) is 6.94. The smallest absolute Gasteiger partial charge is 0.309 e. The van der Waals surface area contributed by atoms with Crippen molar-refractivity contribution < 1.29 is 19.1 Å². The fraction of sp³-hybridized carbons (Fsp3) is 0.722. The first-order valence-corrected chi connectivity index (χ1v) is 9.29. The molecular weight excluding hydrogens is 340 g/mol. The van der Waals surface area contributed by atoms with Gasteiger partial charge in [-0.05, 0) is 47.1 Å². The molecule has 0 aromatic rings. The van der Waals surface area contributed by atoms with E-state index in [1.807, 2.05) is 20.8 Å². The minimum Gasteiger partial charge on any atom is -0.460 e. The molecule has 0 saturated carbocycles. The summed E-state index contributed by atoms with van der Waals surface area (Å²) < 4.78 is 10.8. The zero-order chi connectivity index (χ0) is 19.3. The van der Waals surface area contributed by atoms with Crippen LogP contribution in [0.1, 0.15) is 54.4 Å². The van der Waals surface area contributed by atoms with Gasteiger partial charge in [0.2, 0.25) is 0 Å². The highest BCUT2D eigenvalue weighted by Crippen LogP contribution is 2.49. The van der Waals surface area contributed by atoms with E-state index in [0.29, 0.717) is 24.7 Å². The molecular formula is C18H28N2O4S. The summed E-state index contributed by atoms with van der Waals surface area (Å²) in [6.45, 7) is 12.3. The van der Waals surface area contributed by atoms with Crippen molar-refractivity contribution in [3.05, 3.63) is 10.5 Å². The highest BCUT2D eigenvalue weighted by molar-refractivity contribution is 8.05. The molecule has 0 aromatic heterocycles. The van der Waals surface area contributed by atoms with Crippen LogP contribution in [0.3, 0.4) is 0 Å². The molecule has 1 rings (SSSR count). The normalized spacial score (nSPS) is 22.8. The Morgan fingerprint density at radius 3 is 2.48 bits per heavy atom. The molecule has 6 nitrogen and oxygen atoms in total. The van der Waals surface area contributed by atoms with Gasteiger partial charge in [-0.1, -0.05) is 11.8 Å². The fourth-order valence-corrected chi connectivity index (χ4v) is 4.13. The van der Waals surface area contributed by atoms with E-state index >= 15 is 0 Å². The van der Waals surface area contributed by atoms with Gasteiger partial charge in [0.05, 0.1) is 30.4 Å². The van der Waals surface area contributed by atoms with Crippen molar-refractivity contribution in [3.8, 4) is 6.07 Å². The maximum Gasteiger partial charge on any atom is 0.309 e. The number of likely N-dealkylation sites (N-methyl/N-ethyl adjacent to an activating group) is 1. The number of hydrogen-bond donors (Lipinski definition) is 0. The fourth-order valence-electron chi connectivity index (χ4n) is 2.67. The molecule has 25 heavy (non-hydrogen) atoms. The van der Waals surface area contributed by atoms with E-state index in [9.17, 15) is 14.9 Å². The average Bonchev–Trinajstić information content (AvgIpc) is 2.75. The molecule has 1 atom stereocenters. The number of nitriles is 1. The molecule has 0 N–H and O–H groups in total. The Hall–Kier alpha value is -1.52. The molecule has 0 aliphatic carbocycles. The molecule has 0 spiro atoms. The number of esters is 1. The summed E-state index contributed by atoms with van der Waals surface area (Å²) >= 11 is 1.29. The average molecular weight is 368 g/mol. The zero-order valence-corrected chi connectivity index (χ0v) is 16.8. The molecule has 1 fully saturated rings. The van der Waals surface area contributed by atoms with Crippen LogP contribution in [-0.4, -0.2) is 47.0 Å². The van der Waals surface area contributed by atoms with Crippen molar-refractivity contribution in [3.63, 3.8) is 0 Å². The lowest BCUT2D eigenvalue weighted by Gasteiger charge is -2.34. The molecule has 0 aromatic carbocycles. The van der Waals surface area contributed by atoms with E-state index < -0.39 is 16.4 Å². The molecule has 1 saturated heterocycles. The first kappa shape index (κ1) is 21.5. The maximum absolute atomic E-state index is 12.8. The third-order valence-corrected chi connectivity index (χ3v) is 5.26. The second-order valence-corrected chi connectivity index (χ2v) is 8.31. The van der Waals surface area contributed by atoms with Gasteiger partial charge in [0.15, 0.2) is 0 Å². The lowest BCUT2D eigenvalue weighted by atomic mass is 10.1. The van der Waals surface area contributed by atoms with Crippen LogP contribution in [0.2, 0.25) is 0 Å². The van der Waals surface area contributed by atoms with Crippen LogP contribution in [0.5, 0.6) is 0 Å². The van der Waals surface area contributed by atoms with Gasteiger partial charge in [-0.2, -0.15) is 5.26 Å². The van der Waals surface area contributed by atoms with Gasteiger partial charge < -0.3 is 14.4 Å². The van der Waals surface area contributed by atoms with Gasteiger partial charge in [0.1, 0.15) is 10.5 Å². The first-order valence-electron chi connectivity index (χ1n) is 8.47. The molecule has 7 heteroatoms. The van der Waals surface area contributed by atoms with Gasteiger partial charge in [-0.25, -0.2) is 0 Å². The number of hydrogen-bond acceptors (Lipinski definition) is 6. The summed E-state index contributed by atoms with van der Waals surface area (Å²) in [7, 11) is 0. The minimum absolute atomic E-state index is 0.0203. The van der Waals surface area contributed by atoms with Crippen molar-refractivity contribution in [2.24, 2.45) is 0 Å². The van der Waals surface area contributed by atoms with Crippen molar-refractivity contribution >= 4 is 23.6 Å². The van der Waals surface area contributed by atoms with Crippen LogP contribution in [0.4, 0.5) is 0 Å². The Kier molecular flexibility index (Phi) is 7.51. The Morgan fingerprint density at radius 1 is 1.36 bits per heavy atom. The van der Waals surface area contributed by atoms with Crippen LogP contribution in [0.25, 0.3) is 0 Å². The molecule has 140 valence electrons. The standard InChI is InChI=1S/C18H28N2O4S/c1-7-20-16(22)15(13(3)12-23-8-2)25-18(20,9-10-19)11-14(21)24-17(4,5)6/h7-9,11-12H2,1-6H3/b15-13-. The van der Waals surface area contributed by atoms with Gasteiger partial charge in [-0.15, -0.1) is 0 Å². The molecule has 0 bridgehead atoms. The Morgan fingerprint density at radius 2 is 2.00 bits per heavy atom. The number of thioether (sulfide) groups is 1. The van der Waals surface area contributed by atoms with Crippen LogP contribution in [0.15, 0.2) is 10.5 Å². The first-order chi connectivity index (χ1) is 11.6. The predicted molar refractivity (Wildman–Crippen MR) is 97.6 cm³/mol. The summed E-state index contributed by atoms with van der Waals surface area (Å²) in [5, 5.41) is 9.31. The minimum atomic E-state index is -0.925. The summed E-state index contributed by atoms with van der Waals surface area (Å²) in [6.07, 6.45) is 0.0371. The maximum atomic E-state index is 12.8. The summed E-state index contributed by atoms with van der Waals surface area (Å²) in [5.74, 6) is -0.561. The third kappa shape index (κ3) is 5.48. The van der Waals surface area contributed by atoms with Crippen molar-refractivity contribution in [2.45, 2.75) is 64.9 Å². The highest BCUT2D eigenvalue weighted by Gasteiger charge is 2.50. The molecule has 0 radical (unpaired) electrons. The predicted octanol–water partition coefficient (Wildman–Crippen LogP) is 3.23. The summed E-state index contributed by atoms with van der Waals surface area (Å²) in [4.78, 5) is 26.5. The Balaban J connectivity index is 3.17. The number of nitrogens with zero attached hydrogens (tertiary/aromatic N) is 2. The lowest BCUT2D eigenvalue weighted by Crippen LogP contribution is -2.46. The van der Waals surface area contributed by atoms with Crippen molar-refractivity contribution in [2.75, 3.05) is 19.8 Å². The largest absolute Gasteiger partial charge is 0.460 e. The van der Waals surface area contributed by atoms with Crippen molar-refractivity contribution in [1.29, 1.82) is 5.26 Å². The van der Waals surface area contributed by atoms with E-state index in [0.717, 1.165) is 5.57 Å². The second kappa shape index (κ2) is 8.72. The number of carbonyl (C=O) groups excluding carboxylic acids is 2. The van der Waals surface area contributed by atoms with Gasteiger partial charge >= 0.3 is 5.97 Å². The van der Waals surface area contributed by atoms with E-state index in [4.69, 9.17) is 9.47 Å². The number of carbonyl (C=O) groups is 2. The van der Waals surface area contributed by atoms with Crippen LogP contribution < -0.4 is 0 Å². The van der Waals surface area contributed by atoms with Gasteiger partial charge in [0.25, 0.3) is 5.91 Å². The number of ether oxygens (including phenoxy) is 2. The van der Waals surface area contributed by atoms with Crippen LogP contribution in [-0.2, 0) is 19.1 Å². The monoisotopic (exact) mass is 368 g/mol. The quantitative estimate of drug-likeness (QED) is 0.507. The summed E-state index contributed by atoms with van der Waals surface area (Å²) in [5.41, 5.74) is 0.206. The Bertz CT molecular complexity index is 589. The highest BCUT2D eigenvalue weighted by atomic mass is 32.2. The van der Waals surface area contributed by atoms with Gasteiger partial charge in [0, 0.05) is 13.2 Å². The van der Waals surface area contributed by atoms with Gasteiger partial charge in [-0.3, -0.25) is 9.59 Å². The van der Waals surface area contributed by atoms with Crippen LogP contribution in [0, 0.1) is 11.3 Å². The molecule has 1 amide bonds.